The van der Waals surface area contributed by atoms with Crippen LogP contribution in [-0.2, 0) is 17.9 Å². The largest absolute Gasteiger partial charge is 0.493 e. The number of hydrogen-bond acceptors (Lipinski definition) is 7. The van der Waals surface area contributed by atoms with Crippen molar-refractivity contribution in [1.29, 1.82) is 0 Å². The Kier molecular flexibility index (Phi) is 6.84. The van der Waals surface area contributed by atoms with Crippen molar-refractivity contribution >= 4 is 0 Å². The third-order valence-electron chi connectivity index (χ3n) is 5.55. The molecule has 3 heterocycles. The molecule has 0 saturated carbocycles. The summed E-state index contributed by atoms with van der Waals surface area (Å²) in [5.74, 6) is 2.64. The normalized spacial score (nSPS) is 16.9. The number of pyridine rings is 1. The number of methoxy groups -OCH3 is 2. The maximum Gasteiger partial charge on any atom is 0.230 e. The molecule has 0 N–H and O–H groups in total. The lowest BCUT2D eigenvalue weighted by Crippen LogP contribution is -2.39. The molecule has 7 nitrogen and oxygen atoms in total. The standard InChI is InChI=1S/C24H29N3O4/c1-17-21(26-24(31-17)20-10-6-11-22(28-2)23(20)29-3)15-27-13-7-9-19(14-27)30-16-18-8-4-5-12-25-18/h4-6,8,10-12,19H,7,9,13-16H2,1-3H3/t19-/m0/s1. The van der Waals surface area contributed by atoms with Gasteiger partial charge in [-0.3, -0.25) is 9.88 Å². The van der Waals surface area contributed by atoms with Crippen LogP contribution in [0.1, 0.15) is 30.0 Å². The van der Waals surface area contributed by atoms with Gasteiger partial charge in [-0.2, -0.15) is 0 Å². The first-order valence-electron chi connectivity index (χ1n) is 10.6. The molecular formula is C24H29N3O4. The Morgan fingerprint density at radius 2 is 2.03 bits per heavy atom. The van der Waals surface area contributed by atoms with E-state index >= 15 is 0 Å². The summed E-state index contributed by atoms with van der Waals surface area (Å²) >= 11 is 0. The lowest BCUT2D eigenvalue weighted by atomic mass is 10.1. The van der Waals surface area contributed by atoms with E-state index in [4.69, 9.17) is 23.6 Å². The lowest BCUT2D eigenvalue weighted by molar-refractivity contribution is -0.0136. The number of aryl methyl sites for hydroxylation is 1. The van der Waals surface area contributed by atoms with Crippen molar-refractivity contribution in [1.82, 2.24) is 14.9 Å². The molecule has 3 aromatic rings. The summed E-state index contributed by atoms with van der Waals surface area (Å²) in [6.07, 6.45) is 4.16. The van der Waals surface area contributed by atoms with Gasteiger partial charge >= 0.3 is 0 Å². The van der Waals surface area contributed by atoms with Gasteiger partial charge in [0.25, 0.3) is 0 Å². The molecule has 1 fully saturated rings. The number of rotatable bonds is 8. The summed E-state index contributed by atoms with van der Waals surface area (Å²) in [6, 6.07) is 11.6. The fourth-order valence-corrected chi connectivity index (χ4v) is 3.94. The van der Waals surface area contributed by atoms with Crippen LogP contribution in [0.4, 0.5) is 0 Å². The van der Waals surface area contributed by atoms with Crippen molar-refractivity contribution < 1.29 is 18.6 Å². The second-order valence-corrected chi connectivity index (χ2v) is 7.69. The number of ether oxygens (including phenoxy) is 3. The average Bonchev–Trinajstić information content (AvgIpc) is 3.17. The average molecular weight is 424 g/mol. The Labute approximate surface area is 183 Å². The highest BCUT2D eigenvalue weighted by molar-refractivity contribution is 5.68. The smallest absolute Gasteiger partial charge is 0.230 e. The van der Waals surface area contributed by atoms with Crippen LogP contribution in [-0.4, -0.2) is 48.3 Å². The van der Waals surface area contributed by atoms with Crippen LogP contribution in [0.3, 0.4) is 0 Å². The van der Waals surface area contributed by atoms with Gasteiger partial charge in [-0.15, -0.1) is 0 Å². The van der Waals surface area contributed by atoms with Crippen molar-refractivity contribution in [2.75, 3.05) is 27.3 Å². The zero-order valence-corrected chi connectivity index (χ0v) is 18.3. The van der Waals surface area contributed by atoms with Gasteiger partial charge in [0.1, 0.15) is 5.76 Å². The number of piperidine rings is 1. The second-order valence-electron chi connectivity index (χ2n) is 7.69. The van der Waals surface area contributed by atoms with Gasteiger partial charge < -0.3 is 18.6 Å². The topological polar surface area (TPSA) is 69.9 Å². The molecule has 1 atom stereocenters. The molecule has 4 rings (SSSR count). The van der Waals surface area contributed by atoms with Crippen LogP contribution < -0.4 is 9.47 Å². The van der Waals surface area contributed by atoms with Crippen LogP contribution in [0, 0.1) is 6.92 Å². The van der Waals surface area contributed by atoms with Crippen LogP contribution in [0.5, 0.6) is 11.5 Å². The van der Waals surface area contributed by atoms with Crippen LogP contribution in [0.25, 0.3) is 11.5 Å². The SMILES string of the molecule is COc1cccc(-c2nc(CN3CCC[C@H](OCc4ccccn4)C3)c(C)o2)c1OC. The number of hydrogen-bond donors (Lipinski definition) is 0. The molecule has 164 valence electrons. The van der Waals surface area contributed by atoms with Crippen molar-refractivity contribution in [3.8, 4) is 23.0 Å². The van der Waals surface area contributed by atoms with E-state index < -0.39 is 0 Å². The summed E-state index contributed by atoms with van der Waals surface area (Å²) in [5, 5.41) is 0. The molecular weight excluding hydrogens is 394 g/mol. The zero-order chi connectivity index (χ0) is 21.6. The maximum atomic E-state index is 6.12. The quantitative estimate of drug-likeness (QED) is 0.537. The second kappa shape index (κ2) is 9.94. The first-order valence-corrected chi connectivity index (χ1v) is 10.6. The summed E-state index contributed by atoms with van der Waals surface area (Å²) in [5.41, 5.74) is 2.68. The van der Waals surface area contributed by atoms with Crippen molar-refractivity contribution in [3.63, 3.8) is 0 Å². The van der Waals surface area contributed by atoms with Crippen molar-refractivity contribution in [3.05, 3.63) is 59.7 Å². The first kappa shape index (κ1) is 21.3. The summed E-state index contributed by atoms with van der Waals surface area (Å²) in [6.45, 7) is 5.12. The molecule has 0 radical (unpaired) electrons. The Morgan fingerprint density at radius 1 is 1.13 bits per heavy atom. The minimum atomic E-state index is 0.195. The molecule has 1 saturated heterocycles. The highest BCUT2D eigenvalue weighted by Crippen LogP contribution is 2.38. The first-order chi connectivity index (χ1) is 15.2. The Hall–Kier alpha value is -2.90. The third kappa shape index (κ3) is 5.06. The fourth-order valence-electron chi connectivity index (χ4n) is 3.94. The molecule has 31 heavy (non-hydrogen) atoms. The minimum Gasteiger partial charge on any atom is -0.493 e. The van der Waals surface area contributed by atoms with Gasteiger partial charge in [0.2, 0.25) is 5.89 Å². The zero-order valence-electron chi connectivity index (χ0n) is 18.3. The molecule has 0 amide bonds. The molecule has 0 bridgehead atoms. The highest BCUT2D eigenvalue weighted by atomic mass is 16.5. The van der Waals surface area contributed by atoms with Gasteiger partial charge in [0.15, 0.2) is 11.5 Å². The highest BCUT2D eigenvalue weighted by Gasteiger charge is 2.24. The monoisotopic (exact) mass is 423 g/mol. The molecule has 0 unspecified atom stereocenters. The Morgan fingerprint density at radius 3 is 2.81 bits per heavy atom. The van der Waals surface area contributed by atoms with Crippen LogP contribution in [0.2, 0.25) is 0 Å². The molecule has 1 aromatic carbocycles. The lowest BCUT2D eigenvalue weighted by Gasteiger charge is -2.32. The van der Waals surface area contributed by atoms with E-state index in [0.717, 1.165) is 55.2 Å². The molecule has 1 aliphatic heterocycles. The number of para-hydroxylation sites is 1. The van der Waals surface area contributed by atoms with E-state index in [2.05, 4.69) is 9.88 Å². The molecule has 0 spiro atoms. The van der Waals surface area contributed by atoms with Gasteiger partial charge in [-0.05, 0) is 50.6 Å². The number of likely N-dealkylation sites (tertiary alicyclic amines) is 1. The summed E-state index contributed by atoms with van der Waals surface area (Å²) < 4.78 is 23.1. The minimum absolute atomic E-state index is 0.195. The predicted molar refractivity (Wildman–Crippen MR) is 117 cm³/mol. The fraction of sp³-hybridized carbons (Fsp3) is 0.417. The number of aromatic nitrogens is 2. The van der Waals surface area contributed by atoms with E-state index in [-0.39, 0.29) is 6.10 Å². The number of nitrogens with zero attached hydrogens (tertiary/aromatic N) is 3. The van der Waals surface area contributed by atoms with Crippen LogP contribution in [0.15, 0.2) is 47.0 Å². The van der Waals surface area contributed by atoms with Gasteiger partial charge in [0, 0.05) is 19.3 Å². The van der Waals surface area contributed by atoms with Crippen molar-refractivity contribution in [2.24, 2.45) is 0 Å². The Balaban J connectivity index is 1.42. The van der Waals surface area contributed by atoms with Gasteiger partial charge in [-0.25, -0.2) is 4.98 Å². The van der Waals surface area contributed by atoms with E-state index in [1.165, 1.54) is 0 Å². The predicted octanol–water partition coefficient (Wildman–Crippen LogP) is 4.24. The summed E-state index contributed by atoms with van der Waals surface area (Å²) in [4.78, 5) is 11.5. The van der Waals surface area contributed by atoms with Crippen molar-refractivity contribution in [2.45, 2.75) is 39.0 Å². The number of benzene rings is 1. The van der Waals surface area contributed by atoms with E-state index in [9.17, 15) is 0 Å². The summed E-state index contributed by atoms with van der Waals surface area (Å²) in [7, 11) is 3.24. The van der Waals surface area contributed by atoms with E-state index in [1.807, 2.05) is 43.3 Å². The van der Waals surface area contributed by atoms with Gasteiger partial charge in [0.05, 0.1) is 43.9 Å². The molecule has 1 aliphatic rings. The molecule has 0 aliphatic carbocycles. The maximum absolute atomic E-state index is 6.12. The molecule has 2 aromatic heterocycles. The Bertz CT molecular complexity index is 990. The van der Waals surface area contributed by atoms with E-state index in [1.54, 1.807) is 20.4 Å². The van der Waals surface area contributed by atoms with E-state index in [0.29, 0.717) is 24.0 Å². The van der Waals surface area contributed by atoms with Crippen LogP contribution >= 0.6 is 0 Å². The number of oxazole rings is 1. The molecule has 7 heteroatoms. The third-order valence-corrected chi connectivity index (χ3v) is 5.55. The van der Waals surface area contributed by atoms with Gasteiger partial charge in [-0.1, -0.05) is 12.1 Å².